The first kappa shape index (κ1) is 15.6. The Morgan fingerprint density at radius 3 is 1.95 bits per heavy atom. The molecule has 0 N–H and O–H groups in total. The summed E-state index contributed by atoms with van der Waals surface area (Å²) < 4.78 is 0. The monoisotopic (exact) mass is 298 g/mol. The fraction of sp³-hybridized carbons (Fsp3) is 0.600. The largest absolute Gasteiger partial charge is 0.367 e. The van der Waals surface area contributed by atoms with E-state index in [2.05, 4.69) is 49.3 Å². The molecule has 0 spiro atoms. The second kappa shape index (κ2) is 6.45. The minimum absolute atomic E-state index is 0.731. The molecular formula is C20H30N2. The van der Waals surface area contributed by atoms with Crippen molar-refractivity contribution in [3.8, 4) is 0 Å². The second-order valence-corrected chi connectivity index (χ2v) is 7.08. The fourth-order valence-electron chi connectivity index (χ4n) is 4.09. The molecule has 0 aromatic heterocycles. The van der Waals surface area contributed by atoms with Crippen LogP contribution in [-0.2, 0) is 25.9 Å². The van der Waals surface area contributed by atoms with Crippen molar-refractivity contribution < 1.29 is 0 Å². The number of allylic oxidation sites excluding steroid dienone is 1. The van der Waals surface area contributed by atoms with E-state index in [0.29, 0.717) is 0 Å². The maximum absolute atomic E-state index is 4.09. The topological polar surface area (TPSA) is 6.48 Å². The van der Waals surface area contributed by atoms with Crippen LogP contribution >= 0.6 is 0 Å². The quantitative estimate of drug-likeness (QED) is 0.779. The van der Waals surface area contributed by atoms with Crippen molar-refractivity contribution in [2.24, 2.45) is 0 Å². The Balaban J connectivity index is 1.75. The number of hydrogen-bond donors (Lipinski definition) is 0. The van der Waals surface area contributed by atoms with Crippen LogP contribution in [0.5, 0.6) is 0 Å². The average Bonchev–Trinajstić information content (AvgIpc) is 3.06. The Bertz CT molecular complexity index is 520. The predicted octanol–water partition coefficient (Wildman–Crippen LogP) is 4.13. The molecule has 2 heteroatoms. The third kappa shape index (κ3) is 2.94. The molecule has 0 bridgehead atoms. The van der Waals surface area contributed by atoms with E-state index < -0.39 is 0 Å². The SMILES string of the molecule is C=C(C)N1Cc2cc3c(cc2C1)CC(N(CCC)CCC)C3. The van der Waals surface area contributed by atoms with E-state index in [-0.39, 0.29) is 0 Å². The minimum Gasteiger partial charge on any atom is -0.367 e. The van der Waals surface area contributed by atoms with Crippen LogP contribution in [0.1, 0.15) is 55.9 Å². The zero-order valence-electron chi connectivity index (χ0n) is 14.5. The third-order valence-corrected chi connectivity index (χ3v) is 5.23. The van der Waals surface area contributed by atoms with E-state index in [1.165, 1.54) is 55.6 Å². The summed E-state index contributed by atoms with van der Waals surface area (Å²) in [6, 6.07) is 5.71. The van der Waals surface area contributed by atoms with Crippen molar-refractivity contribution in [3.05, 3.63) is 46.7 Å². The molecule has 0 unspecified atom stereocenters. The Morgan fingerprint density at radius 2 is 1.55 bits per heavy atom. The van der Waals surface area contributed by atoms with Crippen LogP contribution in [0.4, 0.5) is 0 Å². The lowest BCUT2D eigenvalue weighted by molar-refractivity contribution is 0.202. The van der Waals surface area contributed by atoms with E-state index in [1.54, 1.807) is 11.1 Å². The highest BCUT2D eigenvalue weighted by atomic mass is 15.2. The van der Waals surface area contributed by atoms with Gasteiger partial charge in [0.1, 0.15) is 0 Å². The third-order valence-electron chi connectivity index (χ3n) is 5.23. The molecule has 3 rings (SSSR count). The maximum Gasteiger partial charge on any atom is 0.0433 e. The number of rotatable bonds is 6. The highest BCUT2D eigenvalue weighted by Gasteiger charge is 2.29. The van der Waals surface area contributed by atoms with Crippen LogP contribution in [0, 0.1) is 0 Å². The van der Waals surface area contributed by atoms with E-state index in [0.717, 1.165) is 19.1 Å². The highest BCUT2D eigenvalue weighted by Crippen LogP contribution is 2.33. The average molecular weight is 298 g/mol. The summed E-state index contributed by atoms with van der Waals surface area (Å²) in [5.74, 6) is 0. The first-order valence-corrected chi connectivity index (χ1v) is 8.90. The summed E-state index contributed by atoms with van der Waals surface area (Å²) >= 11 is 0. The number of fused-ring (bicyclic) bond motifs is 2. The lowest BCUT2D eigenvalue weighted by atomic mass is 10.0. The summed E-state index contributed by atoms with van der Waals surface area (Å²) in [6.07, 6.45) is 5.01. The van der Waals surface area contributed by atoms with Crippen molar-refractivity contribution in [1.82, 2.24) is 9.80 Å². The van der Waals surface area contributed by atoms with Gasteiger partial charge < -0.3 is 4.90 Å². The Kier molecular flexibility index (Phi) is 4.58. The molecule has 0 fully saturated rings. The molecule has 0 atom stereocenters. The minimum atomic E-state index is 0.731. The zero-order chi connectivity index (χ0) is 15.7. The van der Waals surface area contributed by atoms with Crippen molar-refractivity contribution in [3.63, 3.8) is 0 Å². The van der Waals surface area contributed by atoms with Crippen LogP contribution in [0.15, 0.2) is 24.4 Å². The molecule has 1 aromatic carbocycles. The summed E-state index contributed by atoms with van der Waals surface area (Å²) in [6.45, 7) is 15.4. The molecule has 0 amide bonds. The van der Waals surface area contributed by atoms with E-state index >= 15 is 0 Å². The smallest absolute Gasteiger partial charge is 0.0433 e. The summed E-state index contributed by atoms with van der Waals surface area (Å²) in [5.41, 5.74) is 7.44. The van der Waals surface area contributed by atoms with Gasteiger partial charge in [0, 0.05) is 24.8 Å². The van der Waals surface area contributed by atoms with Gasteiger partial charge in [-0.3, -0.25) is 4.90 Å². The Labute approximate surface area is 135 Å². The molecule has 22 heavy (non-hydrogen) atoms. The van der Waals surface area contributed by atoms with Crippen LogP contribution in [0.25, 0.3) is 0 Å². The van der Waals surface area contributed by atoms with Crippen molar-refractivity contribution in [2.45, 2.75) is 65.6 Å². The van der Waals surface area contributed by atoms with Gasteiger partial charge in [0.05, 0.1) is 0 Å². The molecule has 1 heterocycles. The van der Waals surface area contributed by atoms with Gasteiger partial charge in [-0.15, -0.1) is 0 Å². The van der Waals surface area contributed by atoms with Gasteiger partial charge in [0.2, 0.25) is 0 Å². The lowest BCUT2D eigenvalue weighted by Crippen LogP contribution is -2.37. The lowest BCUT2D eigenvalue weighted by Gasteiger charge is -2.27. The van der Waals surface area contributed by atoms with Crippen LogP contribution < -0.4 is 0 Å². The van der Waals surface area contributed by atoms with Crippen LogP contribution in [0.3, 0.4) is 0 Å². The molecule has 1 aromatic rings. The molecule has 2 nitrogen and oxygen atoms in total. The Morgan fingerprint density at radius 1 is 1.05 bits per heavy atom. The molecule has 2 aliphatic rings. The van der Waals surface area contributed by atoms with E-state index in [4.69, 9.17) is 0 Å². The molecule has 1 aliphatic carbocycles. The summed E-state index contributed by atoms with van der Waals surface area (Å²) in [7, 11) is 0. The molecule has 0 saturated heterocycles. The van der Waals surface area contributed by atoms with Gasteiger partial charge >= 0.3 is 0 Å². The van der Waals surface area contributed by atoms with Gasteiger partial charge in [0.15, 0.2) is 0 Å². The van der Waals surface area contributed by atoms with Crippen molar-refractivity contribution in [2.75, 3.05) is 13.1 Å². The second-order valence-electron chi connectivity index (χ2n) is 7.08. The van der Waals surface area contributed by atoms with Gasteiger partial charge in [-0.1, -0.05) is 32.6 Å². The molecule has 1 aliphatic heterocycles. The molecule has 0 radical (unpaired) electrons. The molecule has 120 valence electrons. The van der Waals surface area contributed by atoms with Crippen LogP contribution in [0.2, 0.25) is 0 Å². The first-order valence-electron chi connectivity index (χ1n) is 8.90. The normalized spacial score (nSPS) is 17.2. The number of benzene rings is 1. The van der Waals surface area contributed by atoms with E-state index in [1.807, 2.05) is 0 Å². The predicted molar refractivity (Wildman–Crippen MR) is 93.9 cm³/mol. The molecule has 0 saturated carbocycles. The van der Waals surface area contributed by atoms with Gasteiger partial charge in [0.25, 0.3) is 0 Å². The van der Waals surface area contributed by atoms with Gasteiger partial charge in [-0.05, 0) is 68.0 Å². The highest BCUT2D eigenvalue weighted by molar-refractivity contribution is 5.44. The van der Waals surface area contributed by atoms with Gasteiger partial charge in [-0.2, -0.15) is 0 Å². The summed E-state index contributed by atoms with van der Waals surface area (Å²) in [4.78, 5) is 5.10. The number of hydrogen-bond acceptors (Lipinski definition) is 2. The van der Waals surface area contributed by atoms with Gasteiger partial charge in [-0.25, -0.2) is 0 Å². The first-order chi connectivity index (χ1) is 10.6. The zero-order valence-corrected chi connectivity index (χ0v) is 14.5. The Hall–Kier alpha value is -1.28. The van der Waals surface area contributed by atoms with Crippen LogP contribution in [-0.4, -0.2) is 28.9 Å². The standard InChI is InChI=1S/C20H30N2/c1-5-7-21(8-6-2)20-11-16-9-18-13-22(15(3)4)14-19(18)10-17(16)12-20/h9-10,20H,3,5-8,11-14H2,1-2,4H3. The van der Waals surface area contributed by atoms with E-state index in [9.17, 15) is 0 Å². The molecular weight excluding hydrogens is 268 g/mol. The fourth-order valence-corrected chi connectivity index (χ4v) is 4.09. The van der Waals surface area contributed by atoms with Crippen molar-refractivity contribution in [1.29, 1.82) is 0 Å². The maximum atomic E-state index is 4.09. The van der Waals surface area contributed by atoms with Crippen molar-refractivity contribution >= 4 is 0 Å². The summed E-state index contributed by atoms with van der Waals surface area (Å²) in [5, 5.41) is 0. The number of nitrogens with zero attached hydrogens (tertiary/aromatic N) is 2.